The fourth-order valence-corrected chi connectivity index (χ4v) is 3.17. The Morgan fingerprint density at radius 1 is 0.905 bits per heavy atom. The maximum absolute atomic E-state index is 12.8. The molecule has 0 unspecified atom stereocenters. The van der Waals surface area contributed by atoms with E-state index in [4.69, 9.17) is 4.84 Å². The average Bonchev–Trinajstić information content (AvgIpc) is 2.82. The number of para-hydroxylation sites is 2. The Labute approximate surface area is 120 Å². The zero-order chi connectivity index (χ0) is 14.6. The molecule has 0 amide bonds. The van der Waals surface area contributed by atoms with Crippen molar-refractivity contribution in [2.45, 2.75) is 0 Å². The fraction of sp³-hybridized carbons (Fsp3) is 0.118. The number of nitrogens with zero attached hydrogens (tertiary/aromatic N) is 2. The number of benzene rings is 2. The summed E-state index contributed by atoms with van der Waals surface area (Å²) in [6.45, 7) is 0. The molecule has 21 heavy (non-hydrogen) atoms. The molecular formula is C17H14N2O2. The van der Waals surface area contributed by atoms with Crippen molar-refractivity contribution in [1.29, 1.82) is 0 Å². The number of aromatic nitrogens is 2. The molecular weight excluding hydrogens is 264 g/mol. The number of aryl methyl sites for hydroxylation is 1. The van der Waals surface area contributed by atoms with Crippen LogP contribution < -0.4 is 10.4 Å². The second-order valence-corrected chi connectivity index (χ2v) is 5.10. The van der Waals surface area contributed by atoms with Gasteiger partial charge in [-0.3, -0.25) is 4.79 Å². The van der Waals surface area contributed by atoms with Crippen molar-refractivity contribution in [3.05, 3.63) is 58.9 Å². The Bertz CT molecular complexity index is 1060. The van der Waals surface area contributed by atoms with Crippen molar-refractivity contribution in [2.75, 3.05) is 7.11 Å². The molecule has 0 saturated heterocycles. The first-order valence-electron chi connectivity index (χ1n) is 6.79. The average molecular weight is 278 g/mol. The van der Waals surface area contributed by atoms with E-state index in [0.29, 0.717) is 5.39 Å². The molecule has 2 aromatic carbocycles. The number of rotatable bonds is 1. The van der Waals surface area contributed by atoms with Gasteiger partial charge in [-0.15, -0.1) is 4.73 Å². The van der Waals surface area contributed by atoms with Crippen LogP contribution in [0.1, 0.15) is 0 Å². The van der Waals surface area contributed by atoms with E-state index in [9.17, 15) is 4.79 Å². The highest BCUT2D eigenvalue weighted by atomic mass is 16.6. The van der Waals surface area contributed by atoms with Gasteiger partial charge in [0, 0.05) is 23.3 Å². The summed E-state index contributed by atoms with van der Waals surface area (Å²) < 4.78 is 3.44. The molecule has 0 N–H and O–H groups in total. The van der Waals surface area contributed by atoms with Crippen LogP contribution in [0.5, 0.6) is 0 Å². The Hall–Kier alpha value is -2.75. The van der Waals surface area contributed by atoms with Crippen LogP contribution in [0.25, 0.3) is 32.7 Å². The van der Waals surface area contributed by atoms with E-state index in [0.717, 1.165) is 27.3 Å². The molecule has 0 bridgehead atoms. The lowest BCUT2D eigenvalue weighted by Crippen LogP contribution is -2.25. The molecule has 4 rings (SSSR count). The Morgan fingerprint density at radius 2 is 1.52 bits per heavy atom. The lowest BCUT2D eigenvalue weighted by molar-refractivity contribution is 0.170. The molecule has 0 aliphatic heterocycles. The molecule has 4 aromatic rings. The smallest absolute Gasteiger partial charge is 0.293 e. The van der Waals surface area contributed by atoms with Crippen LogP contribution in [-0.2, 0) is 7.05 Å². The highest BCUT2D eigenvalue weighted by Gasteiger charge is 2.17. The molecule has 4 nitrogen and oxygen atoms in total. The second kappa shape index (κ2) is 4.12. The van der Waals surface area contributed by atoms with Gasteiger partial charge in [0.15, 0.2) is 0 Å². The highest BCUT2D eigenvalue weighted by Crippen LogP contribution is 2.30. The molecule has 2 aromatic heterocycles. The van der Waals surface area contributed by atoms with Crippen LogP contribution in [0.15, 0.2) is 53.3 Å². The minimum Gasteiger partial charge on any atom is -0.413 e. The first-order valence-corrected chi connectivity index (χ1v) is 6.79. The van der Waals surface area contributed by atoms with Gasteiger partial charge in [-0.1, -0.05) is 36.4 Å². The van der Waals surface area contributed by atoms with E-state index in [2.05, 4.69) is 4.57 Å². The number of fused-ring (bicyclic) bond motifs is 5. The molecule has 0 fully saturated rings. The lowest BCUT2D eigenvalue weighted by Gasteiger charge is -2.10. The summed E-state index contributed by atoms with van der Waals surface area (Å²) in [7, 11) is 3.51. The SMILES string of the molecule is COn1c(=O)c2c3ccccc3n(C)c2c2ccccc21. The summed E-state index contributed by atoms with van der Waals surface area (Å²) in [5, 5.41) is 2.66. The zero-order valence-corrected chi connectivity index (χ0v) is 11.8. The topological polar surface area (TPSA) is 36.2 Å². The summed E-state index contributed by atoms with van der Waals surface area (Å²) in [6.07, 6.45) is 0. The molecule has 0 radical (unpaired) electrons. The predicted molar refractivity (Wildman–Crippen MR) is 84.7 cm³/mol. The van der Waals surface area contributed by atoms with Crippen molar-refractivity contribution >= 4 is 32.7 Å². The van der Waals surface area contributed by atoms with Gasteiger partial charge in [-0.2, -0.15) is 0 Å². The summed E-state index contributed by atoms with van der Waals surface area (Å²) >= 11 is 0. The fourth-order valence-electron chi connectivity index (χ4n) is 3.17. The number of hydrogen-bond donors (Lipinski definition) is 0. The van der Waals surface area contributed by atoms with Gasteiger partial charge >= 0.3 is 0 Å². The largest absolute Gasteiger partial charge is 0.413 e. The zero-order valence-electron chi connectivity index (χ0n) is 11.8. The second-order valence-electron chi connectivity index (χ2n) is 5.10. The molecule has 4 heteroatoms. The van der Waals surface area contributed by atoms with Crippen LogP contribution in [0, 0.1) is 0 Å². The van der Waals surface area contributed by atoms with E-state index in [1.54, 1.807) is 0 Å². The first-order chi connectivity index (χ1) is 10.2. The summed E-state index contributed by atoms with van der Waals surface area (Å²) in [5.74, 6) is 0. The van der Waals surface area contributed by atoms with Gasteiger partial charge in [0.25, 0.3) is 5.56 Å². The van der Waals surface area contributed by atoms with Gasteiger partial charge in [0.05, 0.1) is 16.4 Å². The summed E-state index contributed by atoms with van der Waals surface area (Å²) in [4.78, 5) is 18.1. The predicted octanol–water partition coefficient (Wildman–Crippen LogP) is 2.70. The molecule has 104 valence electrons. The van der Waals surface area contributed by atoms with E-state index >= 15 is 0 Å². The Balaban J connectivity index is 2.46. The first kappa shape index (κ1) is 12.0. The van der Waals surface area contributed by atoms with E-state index in [-0.39, 0.29) is 5.56 Å². The maximum atomic E-state index is 12.8. The quantitative estimate of drug-likeness (QED) is 0.537. The van der Waals surface area contributed by atoms with Crippen molar-refractivity contribution in [3.8, 4) is 0 Å². The molecule has 2 heterocycles. The van der Waals surface area contributed by atoms with E-state index in [1.165, 1.54) is 11.8 Å². The van der Waals surface area contributed by atoms with E-state index < -0.39 is 0 Å². The summed E-state index contributed by atoms with van der Waals surface area (Å²) in [6, 6.07) is 15.7. The minimum atomic E-state index is -0.122. The van der Waals surface area contributed by atoms with Crippen LogP contribution >= 0.6 is 0 Å². The van der Waals surface area contributed by atoms with Gasteiger partial charge in [-0.05, 0) is 12.1 Å². The molecule has 0 aliphatic rings. The van der Waals surface area contributed by atoms with Gasteiger partial charge in [0.1, 0.15) is 7.11 Å². The van der Waals surface area contributed by atoms with Crippen LogP contribution in [0.3, 0.4) is 0 Å². The molecule has 0 aliphatic carbocycles. The van der Waals surface area contributed by atoms with Gasteiger partial charge in [0.2, 0.25) is 0 Å². The maximum Gasteiger partial charge on any atom is 0.293 e. The molecule has 0 saturated carbocycles. The molecule has 0 spiro atoms. The monoisotopic (exact) mass is 278 g/mol. The minimum absolute atomic E-state index is 0.122. The number of hydrogen-bond acceptors (Lipinski definition) is 2. The van der Waals surface area contributed by atoms with Crippen molar-refractivity contribution in [3.63, 3.8) is 0 Å². The highest BCUT2D eigenvalue weighted by molar-refractivity contribution is 6.16. The standard InChI is InChI=1S/C17H14N2O2/c1-18-13-9-5-3-7-11(13)15-16(18)12-8-4-6-10-14(12)19(21-2)17(15)20/h3-10H,1-2H3. The van der Waals surface area contributed by atoms with Gasteiger partial charge < -0.3 is 9.40 Å². The lowest BCUT2D eigenvalue weighted by atomic mass is 10.1. The van der Waals surface area contributed by atoms with Gasteiger partial charge in [-0.25, -0.2) is 0 Å². The van der Waals surface area contributed by atoms with Crippen LogP contribution in [0.4, 0.5) is 0 Å². The normalized spacial score (nSPS) is 11.5. The third-order valence-electron chi connectivity index (χ3n) is 4.07. The third-order valence-corrected chi connectivity index (χ3v) is 4.07. The Morgan fingerprint density at radius 3 is 2.24 bits per heavy atom. The van der Waals surface area contributed by atoms with Crippen molar-refractivity contribution < 1.29 is 4.84 Å². The Kier molecular flexibility index (Phi) is 2.36. The third kappa shape index (κ3) is 1.41. The number of pyridine rings is 1. The van der Waals surface area contributed by atoms with E-state index in [1.807, 2.05) is 55.6 Å². The van der Waals surface area contributed by atoms with Crippen LogP contribution in [-0.4, -0.2) is 16.4 Å². The van der Waals surface area contributed by atoms with Crippen molar-refractivity contribution in [2.24, 2.45) is 7.05 Å². The molecule has 0 atom stereocenters. The summed E-state index contributed by atoms with van der Waals surface area (Å²) in [5.41, 5.74) is 2.65. The van der Waals surface area contributed by atoms with Crippen LogP contribution in [0.2, 0.25) is 0 Å². The van der Waals surface area contributed by atoms with Crippen molar-refractivity contribution in [1.82, 2.24) is 9.30 Å².